The molecule has 11 heteroatoms. The van der Waals surface area contributed by atoms with Crippen molar-refractivity contribution in [2.75, 3.05) is 20.0 Å². The zero-order valence-corrected chi connectivity index (χ0v) is 22.4. The van der Waals surface area contributed by atoms with Gasteiger partial charge in [-0.25, -0.2) is 13.5 Å². The third-order valence-corrected chi connectivity index (χ3v) is 7.99. The highest BCUT2D eigenvalue weighted by atomic mass is 32.2. The molecule has 0 unspecified atom stereocenters. The smallest absolute Gasteiger partial charge is 0.302 e. The molecule has 2 aromatic rings. The summed E-state index contributed by atoms with van der Waals surface area (Å²) in [5, 5.41) is 12.7. The van der Waals surface area contributed by atoms with Crippen molar-refractivity contribution in [1.29, 1.82) is 0 Å². The van der Waals surface area contributed by atoms with Gasteiger partial charge in [-0.15, -0.1) is 0 Å². The number of nitrogens with one attached hydrogen (secondary N) is 1. The first-order valence-electron chi connectivity index (χ1n) is 12.2. The average molecular weight is 532 g/mol. The van der Waals surface area contributed by atoms with E-state index in [4.69, 9.17) is 14.2 Å². The number of carbonyl (C=O) groups is 2. The van der Waals surface area contributed by atoms with Gasteiger partial charge in [0.2, 0.25) is 6.79 Å². The molecule has 2 aliphatic rings. The number of nitrogens with zero attached hydrogens (tertiary/aromatic N) is 2. The van der Waals surface area contributed by atoms with Crippen molar-refractivity contribution in [3.8, 4) is 11.5 Å². The Balaban J connectivity index is 1.61. The van der Waals surface area contributed by atoms with E-state index in [1.54, 1.807) is 12.1 Å². The maximum atomic E-state index is 13.4. The van der Waals surface area contributed by atoms with Crippen molar-refractivity contribution in [2.24, 2.45) is 0 Å². The number of hydrogen-bond acceptors (Lipinski definition) is 8. The number of ether oxygens (including phenoxy) is 3. The molecule has 0 saturated carbocycles. The van der Waals surface area contributed by atoms with Crippen LogP contribution in [0.1, 0.15) is 73.0 Å². The van der Waals surface area contributed by atoms with Crippen LogP contribution in [0.15, 0.2) is 24.3 Å². The van der Waals surface area contributed by atoms with Crippen LogP contribution in [0, 0.1) is 0 Å². The van der Waals surface area contributed by atoms with Crippen LogP contribution in [0.3, 0.4) is 0 Å². The summed E-state index contributed by atoms with van der Waals surface area (Å²) in [5.41, 5.74) is 3.34. The Morgan fingerprint density at radius 1 is 1.24 bits per heavy atom. The lowest BCUT2D eigenvalue weighted by Crippen LogP contribution is -2.37. The van der Waals surface area contributed by atoms with E-state index in [-0.39, 0.29) is 44.2 Å². The van der Waals surface area contributed by atoms with Gasteiger partial charge >= 0.3 is 5.97 Å². The van der Waals surface area contributed by atoms with E-state index < -0.39 is 21.7 Å². The number of rotatable bonds is 9. The molecular formula is C26H33N3O7S. The van der Waals surface area contributed by atoms with Crippen LogP contribution in [0.5, 0.6) is 11.5 Å². The molecule has 0 aliphatic carbocycles. The Bertz CT molecular complexity index is 1210. The first-order valence-corrected chi connectivity index (χ1v) is 13.3. The lowest BCUT2D eigenvalue weighted by Gasteiger charge is -2.30. The molecule has 1 aromatic carbocycles. The van der Waals surface area contributed by atoms with Gasteiger partial charge < -0.3 is 24.6 Å². The minimum atomic E-state index is -1.35. The molecular weight excluding hydrogens is 498 g/mol. The summed E-state index contributed by atoms with van der Waals surface area (Å²) in [4.78, 5) is 29.1. The molecule has 0 saturated heterocycles. The lowest BCUT2D eigenvalue weighted by atomic mass is 9.98. The van der Waals surface area contributed by atoms with E-state index in [1.165, 1.54) is 6.92 Å². The van der Waals surface area contributed by atoms with Crippen molar-refractivity contribution in [1.82, 2.24) is 14.6 Å². The fourth-order valence-corrected chi connectivity index (χ4v) is 5.89. The van der Waals surface area contributed by atoms with E-state index in [0.717, 1.165) is 16.7 Å². The number of aliphatic hydroxyl groups is 1. The highest BCUT2D eigenvalue weighted by Gasteiger charge is 2.40. The lowest BCUT2D eigenvalue weighted by molar-refractivity contribution is -0.140. The van der Waals surface area contributed by atoms with Crippen LogP contribution in [0.4, 0.5) is 0 Å². The molecule has 0 bridgehead atoms. The Hall–Kier alpha value is -3.02. The molecule has 0 radical (unpaired) electrons. The van der Waals surface area contributed by atoms with Crippen molar-refractivity contribution in [2.45, 2.75) is 64.4 Å². The van der Waals surface area contributed by atoms with Gasteiger partial charge in [-0.3, -0.25) is 9.59 Å². The zero-order chi connectivity index (χ0) is 26.7. The Morgan fingerprint density at radius 2 is 2.00 bits per heavy atom. The number of pyridine rings is 1. The topological polar surface area (TPSA) is 127 Å². The van der Waals surface area contributed by atoms with Crippen LogP contribution >= 0.6 is 0 Å². The fourth-order valence-electron chi connectivity index (χ4n) is 4.48. The summed E-state index contributed by atoms with van der Waals surface area (Å²) < 4.78 is 30.6. The van der Waals surface area contributed by atoms with Gasteiger partial charge in [0.05, 0.1) is 17.4 Å². The van der Waals surface area contributed by atoms with Crippen LogP contribution in [-0.4, -0.2) is 55.2 Å². The van der Waals surface area contributed by atoms with Gasteiger partial charge in [0.15, 0.2) is 11.5 Å². The van der Waals surface area contributed by atoms with E-state index in [2.05, 4.69) is 10.3 Å². The van der Waals surface area contributed by atoms with Gasteiger partial charge in [0.1, 0.15) is 16.7 Å². The predicted octanol–water partition coefficient (Wildman–Crippen LogP) is 2.55. The predicted molar refractivity (Wildman–Crippen MR) is 136 cm³/mol. The van der Waals surface area contributed by atoms with Gasteiger partial charge in [-0.1, -0.05) is 6.07 Å². The summed E-state index contributed by atoms with van der Waals surface area (Å²) in [5.74, 6) is 0.541. The van der Waals surface area contributed by atoms with Crippen molar-refractivity contribution in [3.63, 3.8) is 0 Å². The number of benzene rings is 1. The van der Waals surface area contributed by atoms with Crippen molar-refractivity contribution >= 4 is 22.9 Å². The molecule has 2 aliphatic heterocycles. The molecule has 0 spiro atoms. The van der Waals surface area contributed by atoms with Gasteiger partial charge in [0, 0.05) is 38.7 Å². The Kier molecular flexibility index (Phi) is 8.15. The first kappa shape index (κ1) is 27.0. The number of fused-ring (bicyclic) bond motifs is 2. The second-order valence-corrected chi connectivity index (χ2v) is 12.1. The molecule has 10 nitrogen and oxygen atoms in total. The maximum absolute atomic E-state index is 13.4. The number of hydrogen-bond donors (Lipinski definition) is 2. The van der Waals surface area contributed by atoms with E-state index in [1.807, 2.05) is 37.2 Å². The molecule has 1 amide bonds. The second kappa shape index (κ2) is 11.2. The van der Waals surface area contributed by atoms with E-state index in [0.29, 0.717) is 36.6 Å². The zero-order valence-electron chi connectivity index (χ0n) is 21.5. The first-order chi connectivity index (χ1) is 17.6. The Morgan fingerprint density at radius 3 is 2.70 bits per heavy atom. The minimum absolute atomic E-state index is 0.0941. The van der Waals surface area contributed by atoms with Crippen LogP contribution in [-0.2, 0) is 40.0 Å². The molecule has 37 heavy (non-hydrogen) atoms. The molecule has 3 heterocycles. The molecule has 1 aromatic heterocycles. The monoisotopic (exact) mass is 531 g/mol. The summed E-state index contributed by atoms with van der Waals surface area (Å²) in [6.45, 7) is 7.84. The van der Waals surface area contributed by atoms with Crippen molar-refractivity contribution in [3.05, 3.63) is 52.3 Å². The summed E-state index contributed by atoms with van der Waals surface area (Å²) in [7, 11) is -1.35. The highest BCUT2D eigenvalue weighted by molar-refractivity contribution is 7.84. The number of amides is 1. The minimum Gasteiger partial charge on any atom is -0.465 e. The summed E-state index contributed by atoms with van der Waals surface area (Å²) >= 11 is 0. The summed E-state index contributed by atoms with van der Waals surface area (Å²) in [6, 6.07) is 6.88. The van der Waals surface area contributed by atoms with E-state index in [9.17, 15) is 18.9 Å². The normalized spacial score (nSPS) is 17.4. The third kappa shape index (κ3) is 6.11. The van der Waals surface area contributed by atoms with Crippen LogP contribution < -0.4 is 14.8 Å². The maximum Gasteiger partial charge on any atom is 0.302 e. The SMILES string of the molecule is CC(=O)OCCc1nc(C(=O)NCc2ccc3c(c2)OCO3)cc2c1[C@@H](CCO)N([S@](=O)C(C)(C)C)C2. The molecule has 2 atom stereocenters. The third-order valence-electron chi connectivity index (χ3n) is 6.14. The fraction of sp³-hybridized carbons (Fsp3) is 0.500. The molecule has 4 rings (SSSR count). The van der Waals surface area contributed by atoms with Crippen LogP contribution in [0.2, 0.25) is 0 Å². The number of carbonyl (C=O) groups excluding carboxylic acids is 2. The number of aliphatic hydroxyl groups excluding tert-OH is 1. The van der Waals surface area contributed by atoms with Gasteiger partial charge in [-0.2, -0.15) is 0 Å². The Labute approximate surface area is 218 Å². The largest absolute Gasteiger partial charge is 0.465 e. The number of aromatic nitrogens is 1. The van der Waals surface area contributed by atoms with Gasteiger partial charge in [-0.05, 0) is 62.1 Å². The molecule has 0 fully saturated rings. The van der Waals surface area contributed by atoms with Crippen LogP contribution in [0.25, 0.3) is 0 Å². The molecule has 200 valence electrons. The molecule has 2 N–H and O–H groups in total. The van der Waals surface area contributed by atoms with E-state index >= 15 is 0 Å². The average Bonchev–Trinajstić information content (AvgIpc) is 3.45. The summed E-state index contributed by atoms with van der Waals surface area (Å²) in [6.07, 6.45) is 0.663. The van der Waals surface area contributed by atoms with Gasteiger partial charge in [0.25, 0.3) is 5.91 Å². The highest BCUT2D eigenvalue weighted by Crippen LogP contribution is 2.41. The number of esters is 1. The quantitative estimate of drug-likeness (QED) is 0.473. The van der Waals surface area contributed by atoms with Crippen molar-refractivity contribution < 1.29 is 33.1 Å². The standard InChI is InChI=1S/C26H33N3O7S/c1-16(31)34-10-8-19-24-18(14-29(21(24)7-9-30)37(33)26(2,3)4)12-20(28-19)25(32)27-13-17-5-6-22-23(11-17)36-15-35-22/h5-6,11-12,21,30H,7-10,13-15H2,1-4H3,(H,27,32)/t21-,37-/m1/s1. The second-order valence-electron chi connectivity index (χ2n) is 9.95.